The zero-order valence-electron chi connectivity index (χ0n) is 5.63. The molecular formula is C7H7N2O2. The molecule has 0 unspecified atom stereocenters. The Kier molecular flexibility index (Phi) is 1.68. The lowest BCUT2D eigenvalue weighted by atomic mass is 10.2. The molecule has 11 heavy (non-hydrogen) atoms. The molecule has 5 N–H and O–H groups in total. The van der Waals surface area contributed by atoms with E-state index in [1.165, 1.54) is 12.1 Å². The Morgan fingerprint density at radius 2 is 1.82 bits per heavy atom. The molecule has 4 heteroatoms. The molecule has 0 bridgehead atoms. The van der Waals surface area contributed by atoms with E-state index in [0.29, 0.717) is 0 Å². The summed E-state index contributed by atoms with van der Waals surface area (Å²) < 4.78 is 0. The number of nitrogens with two attached hydrogens (primary N) is 1. The van der Waals surface area contributed by atoms with Crippen molar-refractivity contribution in [3.8, 4) is 11.5 Å². The molecule has 1 aromatic rings. The van der Waals surface area contributed by atoms with Gasteiger partial charge in [-0.05, 0) is 12.1 Å². The smallest absolute Gasteiger partial charge is 0.128 e. The molecule has 0 spiro atoms. The lowest BCUT2D eigenvalue weighted by Gasteiger charge is -1.99. The molecule has 0 amide bonds. The van der Waals surface area contributed by atoms with Crippen molar-refractivity contribution in [2.75, 3.05) is 0 Å². The number of phenols is 2. The highest BCUT2D eigenvalue weighted by Gasteiger charge is 2.00. The number of nitrogens with one attached hydrogen (secondary N) is 1. The fraction of sp³-hybridized carbons (Fsp3) is 0. The number of benzene rings is 1. The van der Waals surface area contributed by atoms with Gasteiger partial charge in [0.15, 0.2) is 0 Å². The summed E-state index contributed by atoms with van der Waals surface area (Å²) in [5.41, 5.74) is 5.38. The van der Waals surface area contributed by atoms with E-state index in [2.05, 4.69) is 6.07 Å². The van der Waals surface area contributed by atoms with Gasteiger partial charge in [0.2, 0.25) is 0 Å². The minimum Gasteiger partial charge on any atom is -0.507 e. The average Bonchev–Trinajstić information content (AvgIpc) is 1.85. The number of aromatic hydroxyl groups is 2. The number of nitrogen functional groups attached to an aromatic ring is 1. The Balaban J connectivity index is 3.19. The van der Waals surface area contributed by atoms with Crippen LogP contribution in [-0.4, -0.2) is 16.0 Å². The van der Waals surface area contributed by atoms with E-state index < -0.39 is 0 Å². The summed E-state index contributed by atoms with van der Waals surface area (Å²) >= 11 is 0. The van der Waals surface area contributed by atoms with Gasteiger partial charge in [-0.25, -0.2) is 0 Å². The van der Waals surface area contributed by atoms with Crippen LogP contribution in [0.1, 0.15) is 5.56 Å². The molecule has 4 nitrogen and oxygen atoms in total. The van der Waals surface area contributed by atoms with Gasteiger partial charge in [0.1, 0.15) is 17.3 Å². The number of hydrogen-bond donors (Lipinski definition) is 4. The molecule has 57 valence electrons. The first-order valence-corrected chi connectivity index (χ1v) is 2.89. The molecule has 0 fully saturated rings. The van der Waals surface area contributed by atoms with Gasteiger partial charge in [-0.15, -0.1) is 0 Å². The van der Waals surface area contributed by atoms with E-state index >= 15 is 0 Å². The van der Waals surface area contributed by atoms with E-state index in [0.717, 1.165) is 0 Å². The lowest BCUT2D eigenvalue weighted by Crippen LogP contribution is -2.10. The monoisotopic (exact) mass is 151 g/mol. The maximum absolute atomic E-state index is 8.88. The largest absolute Gasteiger partial charge is 0.507 e. The maximum atomic E-state index is 8.88. The Labute approximate surface area is 63.4 Å². The minimum absolute atomic E-state index is 0.204. The first-order chi connectivity index (χ1) is 5.09. The quantitative estimate of drug-likeness (QED) is 0.341. The SMILES string of the molecule is N=C(N)c1cc(O)[c]c(O)c1. The van der Waals surface area contributed by atoms with E-state index in [1.807, 2.05) is 0 Å². The van der Waals surface area contributed by atoms with Crippen molar-refractivity contribution in [1.82, 2.24) is 0 Å². The fourth-order valence-electron chi connectivity index (χ4n) is 0.695. The average molecular weight is 151 g/mol. The molecule has 1 aromatic carbocycles. The van der Waals surface area contributed by atoms with Gasteiger partial charge >= 0.3 is 0 Å². The number of phenolic OH excluding ortho intramolecular Hbond substituents is 2. The summed E-state index contributed by atoms with van der Waals surface area (Å²) in [5.74, 6) is -0.657. The van der Waals surface area contributed by atoms with Crippen LogP contribution < -0.4 is 5.73 Å². The van der Waals surface area contributed by atoms with E-state index in [9.17, 15) is 0 Å². The zero-order valence-corrected chi connectivity index (χ0v) is 5.63. The third-order valence-electron chi connectivity index (χ3n) is 1.15. The number of amidine groups is 1. The van der Waals surface area contributed by atoms with Crippen molar-refractivity contribution in [3.63, 3.8) is 0 Å². The van der Waals surface area contributed by atoms with Crippen LogP contribution in [0.4, 0.5) is 0 Å². The molecule has 0 aliphatic carbocycles. The van der Waals surface area contributed by atoms with Crippen LogP contribution in [-0.2, 0) is 0 Å². The van der Waals surface area contributed by atoms with Gasteiger partial charge in [0, 0.05) is 5.56 Å². The van der Waals surface area contributed by atoms with Crippen LogP contribution in [0.25, 0.3) is 0 Å². The standard InChI is InChI=1S/C7H7N2O2/c8-7(9)4-1-5(10)3-6(11)2-4/h1-2,10-11H,(H3,8,9). The topological polar surface area (TPSA) is 90.3 Å². The van der Waals surface area contributed by atoms with Crippen molar-refractivity contribution in [2.45, 2.75) is 0 Å². The Hall–Kier alpha value is -1.71. The molecule has 0 aliphatic heterocycles. The maximum Gasteiger partial charge on any atom is 0.128 e. The second-order valence-corrected chi connectivity index (χ2v) is 2.05. The molecule has 0 aliphatic rings. The highest BCUT2D eigenvalue weighted by Crippen LogP contribution is 2.18. The molecule has 0 aromatic heterocycles. The fourth-order valence-corrected chi connectivity index (χ4v) is 0.695. The molecule has 0 saturated heterocycles. The molecule has 1 radical (unpaired) electrons. The summed E-state index contributed by atoms with van der Waals surface area (Å²) in [6, 6.07) is 4.73. The second kappa shape index (κ2) is 2.49. The van der Waals surface area contributed by atoms with Crippen LogP contribution in [0.3, 0.4) is 0 Å². The highest BCUT2D eigenvalue weighted by atomic mass is 16.3. The predicted molar refractivity (Wildman–Crippen MR) is 39.6 cm³/mol. The van der Waals surface area contributed by atoms with E-state index in [1.54, 1.807) is 0 Å². The van der Waals surface area contributed by atoms with Crippen LogP contribution >= 0.6 is 0 Å². The zero-order chi connectivity index (χ0) is 8.43. The predicted octanol–water partition coefficient (Wildman–Crippen LogP) is 0.182. The molecule has 1 rings (SSSR count). The Morgan fingerprint density at radius 3 is 2.18 bits per heavy atom. The van der Waals surface area contributed by atoms with Gasteiger partial charge in [0.05, 0.1) is 6.07 Å². The first kappa shape index (κ1) is 7.40. The van der Waals surface area contributed by atoms with Gasteiger partial charge in [0.25, 0.3) is 0 Å². The van der Waals surface area contributed by atoms with Crippen molar-refractivity contribution in [2.24, 2.45) is 5.73 Å². The van der Waals surface area contributed by atoms with Gasteiger partial charge in [-0.2, -0.15) is 0 Å². The third kappa shape index (κ3) is 1.61. The van der Waals surface area contributed by atoms with Gasteiger partial charge < -0.3 is 15.9 Å². The van der Waals surface area contributed by atoms with Crippen molar-refractivity contribution < 1.29 is 10.2 Å². The number of hydrogen-bond acceptors (Lipinski definition) is 3. The summed E-state index contributed by atoms with van der Waals surface area (Å²) in [5, 5.41) is 24.7. The lowest BCUT2D eigenvalue weighted by molar-refractivity contribution is 0.448. The number of rotatable bonds is 1. The van der Waals surface area contributed by atoms with E-state index in [-0.39, 0.29) is 22.9 Å². The molecule has 0 heterocycles. The van der Waals surface area contributed by atoms with Crippen LogP contribution in [0.2, 0.25) is 0 Å². The van der Waals surface area contributed by atoms with Crippen LogP contribution in [0.15, 0.2) is 12.1 Å². The van der Waals surface area contributed by atoms with Crippen LogP contribution in [0, 0.1) is 11.5 Å². The highest BCUT2D eigenvalue weighted by molar-refractivity contribution is 5.95. The van der Waals surface area contributed by atoms with Crippen molar-refractivity contribution in [1.29, 1.82) is 5.41 Å². The minimum atomic E-state index is -0.227. The molecule has 0 atom stereocenters. The normalized spacial score (nSPS) is 9.45. The van der Waals surface area contributed by atoms with Crippen LogP contribution in [0.5, 0.6) is 11.5 Å². The summed E-state index contributed by atoms with van der Waals surface area (Å²) in [6.45, 7) is 0. The second-order valence-electron chi connectivity index (χ2n) is 2.05. The van der Waals surface area contributed by atoms with Gasteiger partial charge in [-0.3, -0.25) is 5.41 Å². The first-order valence-electron chi connectivity index (χ1n) is 2.89. The van der Waals surface area contributed by atoms with Gasteiger partial charge in [-0.1, -0.05) is 0 Å². The molecular weight excluding hydrogens is 144 g/mol. The summed E-state index contributed by atoms with van der Waals surface area (Å²) in [7, 11) is 0. The third-order valence-corrected chi connectivity index (χ3v) is 1.15. The Bertz CT molecular complexity index is 276. The van der Waals surface area contributed by atoms with Crippen molar-refractivity contribution in [3.05, 3.63) is 23.8 Å². The summed E-state index contributed by atoms with van der Waals surface area (Å²) in [4.78, 5) is 0. The molecule has 0 saturated carbocycles. The van der Waals surface area contributed by atoms with E-state index in [4.69, 9.17) is 21.4 Å². The Morgan fingerprint density at radius 1 is 1.36 bits per heavy atom. The summed E-state index contributed by atoms with van der Waals surface area (Å²) in [6.07, 6.45) is 0. The van der Waals surface area contributed by atoms with Crippen molar-refractivity contribution >= 4 is 5.84 Å².